The van der Waals surface area contributed by atoms with E-state index in [9.17, 15) is 8.78 Å². The van der Waals surface area contributed by atoms with Crippen molar-refractivity contribution >= 4 is 29.9 Å². The van der Waals surface area contributed by atoms with E-state index in [4.69, 9.17) is 4.74 Å². The van der Waals surface area contributed by atoms with Gasteiger partial charge in [-0.05, 0) is 49.6 Å². The molecule has 1 aliphatic heterocycles. The molecule has 0 radical (unpaired) electrons. The first-order valence-corrected chi connectivity index (χ1v) is 10.4. The number of nitrogens with one attached hydrogen (secondary N) is 2. The van der Waals surface area contributed by atoms with Crippen LogP contribution in [0.4, 0.5) is 8.78 Å². The van der Waals surface area contributed by atoms with Crippen molar-refractivity contribution < 1.29 is 13.5 Å². The van der Waals surface area contributed by atoms with Crippen LogP contribution in [0.2, 0.25) is 0 Å². The van der Waals surface area contributed by atoms with Gasteiger partial charge in [0.1, 0.15) is 11.9 Å². The molecular formula is C23H31F2IN4O. The van der Waals surface area contributed by atoms with Gasteiger partial charge in [0.25, 0.3) is 0 Å². The van der Waals surface area contributed by atoms with Crippen LogP contribution >= 0.6 is 24.0 Å². The number of hydrogen-bond acceptors (Lipinski definition) is 3. The van der Waals surface area contributed by atoms with Crippen molar-refractivity contribution in [3.8, 4) is 5.75 Å². The van der Waals surface area contributed by atoms with Gasteiger partial charge in [0.2, 0.25) is 0 Å². The standard InChI is InChI=1S/C23H30F2N4O.HI/c1-17(30-20-6-4-3-5-7-20)15-27-23(26-2)28-19-10-12-29(13-11-19)16-18-8-9-21(24)22(25)14-18;/h3-9,14,17,19H,10-13,15-16H2,1-2H3,(H2,26,27,28);1H. The number of rotatable bonds is 7. The average molecular weight is 544 g/mol. The van der Waals surface area contributed by atoms with Crippen LogP contribution in [-0.2, 0) is 6.54 Å². The highest BCUT2D eigenvalue weighted by Gasteiger charge is 2.20. The smallest absolute Gasteiger partial charge is 0.191 e. The van der Waals surface area contributed by atoms with Crippen LogP contribution in [0.25, 0.3) is 0 Å². The lowest BCUT2D eigenvalue weighted by Crippen LogP contribution is -2.49. The fraction of sp³-hybridized carbons (Fsp3) is 0.435. The van der Waals surface area contributed by atoms with E-state index in [0.717, 1.165) is 43.2 Å². The van der Waals surface area contributed by atoms with Crippen LogP contribution < -0.4 is 15.4 Å². The fourth-order valence-electron chi connectivity index (χ4n) is 3.53. The van der Waals surface area contributed by atoms with E-state index in [2.05, 4.69) is 20.5 Å². The third kappa shape index (κ3) is 8.25. The molecule has 8 heteroatoms. The Morgan fingerprint density at radius 1 is 1.13 bits per heavy atom. The minimum Gasteiger partial charge on any atom is -0.489 e. The van der Waals surface area contributed by atoms with Gasteiger partial charge < -0.3 is 15.4 Å². The normalized spacial score (nSPS) is 16.3. The maximum Gasteiger partial charge on any atom is 0.191 e. The van der Waals surface area contributed by atoms with Crippen LogP contribution in [-0.4, -0.2) is 49.7 Å². The Labute approximate surface area is 200 Å². The van der Waals surface area contributed by atoms with Gasteiger partial charge in [0.05, 0.1) is 6.54 Å². The zero-order chi connectivity index (χ0) is 21.3. The molecule has 1 atom stereocenters. The molecule has 0 aliphatic carbocycles. The summed E-state index contributed by atoms with van der Waals surface area (Å²) in [6.45, 7) is 5.07. The van der Waals surface area contributed by atoms with E-state index in [-0.39, 0.29) is 30.1 Å². The van der Waals surface area contributed by atoms with Crippen molar-refractivity contribution in [1.29, 1.82) is 0 Å². The number of guanidine groups is 1. The lowest BCUT2D eigenvalue weighted by Gasteiger charge is -2.33. The first-order valence-electron chi connectivity index (χ1n) is 10.4. The van der Waals surface area contributed by atoms with E-state index < -0.39 is 11.6 Å². The summed E-state index contributed by atoms with van der Waals surface area (Å²) in [5, 5.41) is 6.80. The molecule has 1 fully saturated rings. The topological polar surface area (TPSA) is 48.9 Å². The molecule has 0 saturated carbocycles. The summed E-state index contributed by atoms with van der Waals surface area (Å²) in [4.78, 5) is 6.57. The van der Waals surface area contributed by atoms with Crippen molar-refractivity contribution in [2.75, 3.05) is 26.7 Å². The maximum atomic E-state index is 13.4. The first kappa shape index (κ1) is 25.3. The van der Waals surface area contributed by atoms with Gasteiger partial charge in [-0.1, -0.05) is 24.3 Å². The lowest BCUT2D eigenvalue weighted by atomic mass is 10.0. The zero-order valence-corrected chi connectivity index (χ0v) is 20.3. The summed E-state index contributed by atoms with van der Waals surface area (Å²) < 4.78 is 32.4. The Morgan fingerprint density at radius 3 is 2.48 bits per heavy atom. The third-order valence-corrected chi connectivity index (χ3v) is 5.18. The number of halogens is 3. The highest BCUT2D eigenvalue weighted by atomic mass is 127. The average Bonchev–Trinajstić information content (AvgIpc) is 2.75. The molecule has 1 aliphatic rings. The van der Waals surface area contributed by atoms with Crippen LogP contribution in [0.5, 0.6) is 5.75 Å². The quantitative estimate of drug-likeness (QED) is 0.312. The van der Waals surface area contributed by atoms with Gasteiger partial charge in [0, 0.05) is 32.7 Å². The van der Waals surface area contributed by atoms with Gasteiger partial charge in [-0.25, -0.2) is 8.78 Å². The molecule has 1 heterocycles. The number of benzene rings is 2. The molecule has 2 N–H and O–H groups in total. The molecule has 1 unspecified atom stereocenters. The Morgan fingerprint density at radius 2 is 1.84 bits per heavy atom. The molecule has 0 amide bonds. The number of para-hydroxylation sites is 1. The first-order chi connectivity index (χ1) is 14.5. The molecule has 0 bridgehead atoms. The number of ether oxygens (including phenoxy) is 1. The molecule has 3 rings (SSSR count). The van der Waals surface area contributed by atoms with Gasteiger partial charge in [-0.2, -0.15) is 0 Å². The molecule has 0 spiro atoms. The Balaban J connectivity index is 0.00000341. The molecule has 0 aromatic heterocycles. The van der Waals surface area contributed by atoms with Gasteiger partial charge in [-0.3, -0.25) is 9.89 Å². The fourth-order valence-corrected chi connectivity index (χ4v) is 3.53. The largest absolute Gasteiger partial charge is 0.489 e. The van der Waals surface area contributed by atoms with E-state index in [1.54, 1.807) is 13.1 Å². The van der Waals surface area contributed by atoms with Crippen LogP contribution in [0, 0.1) is 11.6 Å². The maximum absolute atomic E-state index is 13.4. The SMILES string of the molecule is CN=C(NCC(C)Oc1ccccc1)NC1CCN(Cc2ccc(F)c(F)c2)CC1.I. The van der Waals surface area contributed by atoms with Crippen molar-refractivity contribution in [1.82, 2.24) is 15.5 Å². The van der Waals surface area contributed by atoms with Gasteiger partial charge in [0.15, 0.2) is 17.6 Å². The highest BCUT2D eigenvalue weighted by molar-refractivity contribution is 14.0. The van der Waals surface area contributed by atoms with Crippen LogP contribution in [0.1, 0.15) is 25.3 Å². The zero-order valence-electron chi connectivity index (χ0n) is 18.0. The van der Waals surface area contributed by atoms with Crippen molar-refractivity contribution in [3.63, 3.8) is 0 Å². The van der Waals surface area contributed by atoms with E-state index in [1.807, 2.05) is 37.3 Å². The lowest BCUT2D eigenvalue weighted by molar-refractivity contribution is 0.197. The van der Waals surface area contributed by atoms with Crippen LogP contribution in [0.3, 0.4) is 0 Å². The summed E-state index contributed by atoms with van der Waals surface area (Å²) in [7, 11) is 1.76. The summed E-state index contributed by atoms with van der Waals surface area (Å²) >= 11 is 0. The second-order valence-corrected chi connectivity index (χ2v) is 7.64. The molecule has 2 aromatic rings. The Bertz CT molecular complexity index is 830. The minimum absolute atomic E-state index is 0. The predicted molar refractivity (Wildman–Crippen MR) is 131 cm³/mol. The monoisotopic (exact) mass is 544 g/mol. The Hall–Kier alpha value is -1.94. The molecule has 1 saturated heterocycles. The third-order valence-electron chi connectivity index (χ3n) is 5.18. The van der Waals surface area contributed by atoms with Gasteiger partial charge >= 0.3 is 0 Å². The number of aliphatic imine (C=N–C) groups is 1. The predicted octanol–water partition coefficient (Wildman–Crippen LogP) is 4.18. The van der Waals surface area contributed by atoms with E-state index >= 15 is 0 Å². The number of nitrogens with zero attached hydrogens (tertiary/aromatic N) is 2. The number of hydrogen-bond donors (Lipinski definition) is 2. The molecule has 31 heavy (non-hydrogen) atoms. The van der Waals surface area contributed by atoms with Crippen molar-refractivity contribution in [2.24, 2.45) is 4.99 Å². The molecular weight excluding hydrogens is 513 g/mol. The summed E-state index contributed by atoms with van der Waals surface area (Å²) in [5.74, 6) is 0.0224. The second kappa shape index (κ2) is 12.8. The summed E-state index contributed by atoms with van der Waals surface area (Å²) in [5.41, 5.74) is 0.796. The van der Waals surface area contributed by atoms with Crippen LogP contribution in [0.15, 0.2) is 53.5 Å². The van der Waals surface area contributed by atoms with E-state index in [1.165, 1.54) is 12.1 Å². The van der Waals surface area contributed by atoms with Gasteiger partial charge in [-0.15, -0.1) is 24.0 Å². The Kier molecular flexibility index (Phi) is 10.5. The summed E-state index contributed by atoms with van der Waals surface area (Å²) in [6, 6.07) is 14.2. The summed E-state index contributed by atoms with van der Waals surface area (Å²) in [6.07, 6.45) is 1.92. The van der Waals surface area contributed by atoms with Crippen molar-refractivity contribution in [3.05, 3.63) is 65.7 Å². The highest BCUT2D eigenvalue weighted by Crippen LogP contribution is 2.16. The second-order valence-electron chi connectivity index (χ2n) is 7.64. The number of piperidine rings is 1. The minimum atomic E-state index is -0.802. The van der Waals surface area contributed by atoms with E-state index in [0.29, 0.717) is 19.1 Å². The molecule has 2 aromatic carbocycles. The molecule has 5 nitrogen and oxygen atoms in total. The van der Waals surface area contributed by atoms with Crippen molar-refractivity contribution in [2.45, 2.75) is 38.5 Å². The molecule has 170 valence electrons. The number of likely N-dealkylation sites (tertiary alicyclic amines) is 1.